The van der Waals surface area contributed by atoms with Crippen LogP contribution >= 0.6 is 0 Å². The Balaban J connectivity index is 2.58. The number of amides is 1. The van der Waals surface area contributed by atoms with Gasteiger partial charge < -0.3 is 19.6 Å². The molecule has 0 spiro atoms. The molecule has 1 aliphatic heterocycles. The molecular formula is C7H10NO3-. The summed E-state index contributed by atoms with van der Waals surface area (Å²) in [6.07, 6.45) is 1.83. The topological polar surface area (TPSA) is 60.4 Å². The van der Waals surface area contributed by atoms with Crippen molar-refractivity contribution in [2.75, 3.05) is 6.54 Å². The van der Waals surface area contributed by atoms with Gasteiger partial charge in [-0.25, -0.2) is 0 Å². The maximum atomic E-state index is 10.4. The molecule has 1 saturated heterocycles. The smallest absolute Gasteiger partial charge is 0.142 e. The average Bonchev–Trinajstić information content (AvgIpc) is 2.04. The Hall–Kier alpha value is -1.06. The van der Waals surface area contributed by atoms with E-state index in [2.05, 4.69) is 0 Å². The molecule has 0 aliphatic carbocycles. The van der Waals surface area contributed by atoms with Crippen molar-refractivity contribution in [2.24, 2.45) is 0 Å². The molecule has 4 nitrogen and oxygen atoms in total. The lowest BCUT2D eigenvalue weighted by molar-refractivity contribution is -0.268. The number of hydrogen-bond donors (Lipinski definition) is 0. The molecular weight excluding hydrogens is 146 g/mol. The van der Waals surface area contributed by atoms with E-state index >= 15 is 0 Å². The summed E-state index contributed by atoms with van der Waals surface area (Å²) in [7, 11) is 0. The minimum absolute atomic E-state index is 0.436. The van der Waals surface area contributed by atoms with Crippen molar-refractivity contribution in [1.82, 2.24) is 4.90 Å². The second-order valence-corrected chi connectivity index (χ2v) is 2.66. The summed E-state index contributed by atoms with van der Waals surface area (Å²) in [5, 5.41) is 10.4. The van der Waals surface area contributed by atoms with Crippen molar-refractivity contribution in [2.45, 2.75) is 25.3 Å². The predicted molar refractivity (Wildman–Crippen MR) is 35.8 cm³/mol. The van der Waals surface area contributed by atoms with Gasteiger partial charge in [0.2, 0.25) is 0 Å². The van der Waals surface area contributed by atoms with Crippen LogP contribution in [-0.4, -0.2) is 29.9 Å². The van der Waals surface area contributed by atoms with Crippen molar-refractivity contribution >= 4 is 12.4 Å². The molecule has 1 unspecified atom stereocenters. The molecule has 4 heteroatoms. The van der Waals surface area contributed by atoms with E-state index < -0.39 is 12.1 Å². The van der Waals surface area contributed by atoms with Gasteiger partial charge >= 0.3 is 0 Å². The second-order valence-electron chi connectivity index (χ2n) is 2.66. The van der Waals surface area contributed by atoms with Gasteiger partial charge in [0.1, 0.15) is 12.4 Å². The molecule has 1 aliphatic rings. The Morgan fingerprint density at radius 3 is 2.73 bits per heavy atom. The molecule has 0 radical (unpaired) electrons. The quantitative estimate of drug-likeness (QED) is 0.475. The SMILES string of the molecule is O=CC1CCCCN1C(=O)[O-]. The van der Waals surface area contributed by atoms with Crippen LogP contribution in [0.2, 0.25) is 0 Å². The zero-order valence-electron chi connectivity index (χ0n) is 6.16. The van der Waals surface area contributed by atoms with Gasteiger partial charge in [-0.15, -0.1) is 0 Å². The number of carboxylic acid groups (broad SMARTS) is 1. The maximum absolute atomic E-state index is 10.4. The summed E-state index contributed by atoms with van der Waals surface area (Å²) >= 11 is 0. The molecule has 0 N–H and O–H groups in total. The van der Waals surface area contributed by atoms with Crippen LogP contribution in [-0.2, 0) is 4.79 Å². The van der Waals surface area contributed by atoms with Gasteiger partial charge in [-0.05, 0) is 19.3 Å². The summed E-state index contributed by atoms with van der Waals surface area (Å²) in [5.41, 5.74) is 0. The van der Waals surface area contributed by atoms with Gasteiger partial charge in [0.15, 0.2) is 0 Å². The van der Waals surface area contributed by atoms with Crippen molar-refractivity contribution in [3.05, 3.63) is 0 Å². The normalized spacial score (nSPS) is 24.7. The standard InChI is InChI=1S/C7H11NO3/c9-5-6-3-1-2-4-8(6)7(10)11/h5-6H,1-4H2,(H,10,11)/p-1. The first-order valence-electron chi connectivity index (χ1n) is 3.68. The third-order valence-electron chi connectivity index (χ3n) is 1.94. The number of carbonyl (C=O) groups excluding carboxylic acids is 2. The minimum Gasteiger partial charge on any atom is -0.530 e. The molecule has 1 rings (SSSR count). The highest BCUT2D eigenvalue weighted by Gasteiger charge is 2.20. The van der Waals surface area contributed by atoms with E-state index in [1.165, 1.54) is 0 Å². The van der Waals surface area contributed by atoms with Gasteiger partial charge in [-0.1, -0.05) is 0 Å². The summed E-state index contributed by atoms with van der Waals surface area (Å²) in [6.45, 7) is 0.436. The van der Waals surface area contributed by atoms with Crippen molar-refractivity contribution in [3.63, 3.8) is 0 Å². The van der Waals surface area contributed by atoms with E-state index in [1.54, 1.807) is 0 Å². The minimum atomic E-state index is -1.23. The lowest BCUT2D eigenvalue weighted by Crippen LogP contribution is -2.50. The van der Waals surface area contributed by atoms with Crippen LogP contribution in [0.25, 0.3) is 0 Å². The Morgan fingerprint density at radius 2 is 2.27 bits per heavy atom. The molecule has 1 heterocycles. The Labute approximate surface area is 64.8 Å². The van der Waals surface area contributed by atoms with Gasteiger partial charge in [-0.3, -0.25) is 0 Å². The number of nitrogens with zero attached hydrogens (tertiary/aromatic N) is 1. The maximum Gasteiger partial charge on any atom is 0.142 e. The van der Waals surface area contributed by atoms with E-state index in [0.29, 0.717) is 19.3 Å². The van der Waals surface area contributed by atoms with Crippen LogP contribution in [0.5, 0.6) is 0 Å². The van der Waals surface area contributed by atoms with Crippen LogP contribution in [0.4, 0.5) is 4.79 Å². The second kappa shape index (κ2) is 3.37. The fourth-order valence-corrected chi connectivity index (χ4v) is 1.33. The largest absolute Gasteiger partial charge is 0.530 e. The van der Waals surface area contributed by atoms with Crippen molar-refractivity contribution in [1.29, 1.82) is 0 Å². The highest BCUT2D eigenvalue weighted by Crippen LogP contribution is 2.14. The number of hydrogen-bond acceptors (Lipinski definition) is 3. The zero-order chi connectivity index (χ0) is 8.27. The monoisotopic (exact) mass is 156 g/mol. The van der Waals surface area contributed by atoms with Gasteiger partial charge in [0.25, 0.3) is 0 Å². The van der Waals surface area contributed by atoms with E-state index in [4.69, 9.17) is 0 Å². The molecule has 1 fully saturated rings. The molecule has 0 aromatic rings. The van der Waals surface area contributed by atoms with Crippen molar-refractivity contribution < 1.29 is 14.7 Å². The number of aldehydes is 1. The highest BCUT2D eigenvalue weighted by molar-refractivity contribution is 5.70. The van der Waals surface area contributed by atoms with Gasteiger partial charge in [0, 0.05) is 6.54 Å². The molecule has 1 atom stereocenters. The lowest BCUT2D eigenvalue weighted by Gasteiger charge is -2.34. The third kappa shape index (κ3) is 1.69. The van der Waals surface area contributed by atoms with E-state index in [0.717, 1.165) is 17.7 Å². The fraction of sp³-hybridized carbons (Fsp3) is 0.714. The summed E-state index contributed by atoms with van der Waals surface area (Å²) in [5.74, 6) is 0. The number of likely N-dealkylation sites (tertiary alicyclic amines) is 1. The molecule has 11 heavy (non-hydrogen) atoms. The van der Waals surface area contributed by atoms with Crippen LogP contribution in [0.15, 0.2) is 0 Å². The highest BCUT2D eigenvalue weighted by atomic mass is 16.4. The first-order valence-corrected chi connectivity index (χ1v) is 3.68. The van der Waals surface area contributed by atoms with Gasteiger partial charge in [-0.2, -0.15) is 0 Å². The van der Waals surface area contributed by atoms with Crippen LogP contribution < -0.4 is 5.11 Å². The predicted octanol–water partition coefficient (Wildman–Crippen LogP) is -0.617. The molecule has 0 saturated carbocycles. The number of carbonyl (C=O) groups is 2. The van der Waals surface area contributed by atoms with Gasteiger partial charge in [0.05, 0.1) is 6.04 Å². The third-order valence-corrected chi connectivity index (χ3v) is 1.94. The molecule has 62 valence electrons. The van der Waals surface area contributed by atoms with E-state index in [9.17, 15) is 14.7 Å². The Bertz CT molecular complexity index is 169. The Kier molecular flexibility index (Phi) is 2.46. The van der Waals surface area contributed by atoms with Crippen molar-refractivity contribution in [3.8, 4) is 0 Å². The molecule has 1 amide bonds. The molecule has 0 bridgehead atoms. The van der Waals surface area contributed by atoms with E-state index in [-0.39, 0.29) is 0 Å². The molecule has 0 aromatic heterocycles. The Morgan fingerprint density at radius 1 is 1.55 bits per heavy atom. The zero-order valence-corrected chi connectivity index (χ0v) is 6.16. The lowest BCUT2D eigenvalue weighted by atomic mass is 10.0. The fourth-order valence-electron chi connectivity index (χ4n) is 1.33. The number of rotatable bonds is 1. The number of piperidine rings is 1. The van der Waals surface area contributed by atoms with Crippen LogP contribution in [0.3, 0.4) is 0 Å². The first-order chi connectivity index (χ1) is 5.25. The summed E-state index contributed by atoms with van der Waals surface area (Å²) in [4.78, 5) is 21.8. The van der Waals surface area contributed by atoms with Crippen LogP contribution in [0.1, 0.15) is 19.3 Å². The molecule has 0 aromatic carbocycles. The van der Waals surface area contributed by atoms with Crippen LogP contribution in [0, 0.1) is 0 Å². The average molecular weight is 156 g/mol. The summed E-state index contributed by atoms with van der Waals surface area (Å²) < 4.78 is 0. The first kappa shape index (κ1) is 8.04. The van der Waals surface area contributed by atoms with E-state index in [1.807, 2.05) is 0 Å². The summed E-state index contributed by atoms with van der Waals surface area (Å²) in [6, 6.07) is -0.464.